The zero-order valence-corrected chi connectivity index (χ0v) is 13.9. The molecule has 1 heterocycles. The van der Waals surface area contributed by atoms with Gasteiger partial charge in [-0.3, -0.25) is 4.99 Å². The van der Waals surface area contributed by atoms with Crippen molar-refractivity contribution in [3.8, 4) is 0 Å². The van der Waals surface area contributed by atoms with Gasteiger partial charge in [-0.15, -0.1) is 11.3 Å². The molecule has 0 unspecified atom stereocenters. The summed E-state index contributed by atoms with van der Waals surface area (Å²) in [6.07, 6.45) is 0. The van der Waals surface area contributed by atoms with Crippen LogP contribution >= 0.6 is 11.3 Å². The first-order valence-corrected chi connectivity index (χ1v) is 7.72. The van der Waals surface area contributed by atoms with Crippen LogP contribution in [0.4, 0.5) is 5.69 Å². The van der Waals surface area contributed by atoms with E-state index in [1.807, 2.05) is 20.8 Å². The minimum absolute atomic E-state index is 0.494. The fraction of sp³-hybridized carbons (Fsp3) is 0.500. The van der Waals surface area contributed by atoms with Gasteiger partial charge in [0.25, 0.3) is 0 Å². The summed E-state index contributed by atoms with van der Waals surface area (Å²) in [5.41, 5.74) is 4.54. The highest BCUT2D eigenvalue weighted by Gasteiger charge is 2.06. The Hall–Kier alpha value is -1.22. The van der Waals surface area contributed by atoms with Crippen molar-refractivity contribution in [3.63, 3.8) is 0 Å². The summed E-state index contributed by atoms with van der Waals surface area (Å²) < 4.78 is 1.23. The van der Waals surface area contributed by atoms with Crippen LogP contribution in [-0.4, -0.2) is 10.7 Å². The Kier molecular flexibility index (Phi) is 5.67. The van der Waals surface area contributed by atoms with Crippen LogP contribution in [0, 0.1) is 19.8 Å². The zero-order chi connectivity index (χ0) is 14.6. The van der Waals surface area contributed by atoms with Crippen LogP contribution in [0.5, 0.6) is 0 Å². The minimum Gasteiger partial charge on any atom is -0.258 e. The zero-order valence-electron chi connectivity index (χ0n) is 13.0. The Morgan fingerprint density at radius 3 is 2.42 bits per heavy atom. The summed E-state index contributed by atoms with van der Waals surface area (Å²) in [4.78, 5) is 9.21. The van der Waals surface area contributed by atoms with E-state index in [-0.39, 0.29) is 0 Å². The van der Waals surface area contributed by atoms with E-state index in [1.54, 1.807) is 11.3 Å². The van der Waals surface area contributed by atoms with Crippen LogP contribution in [0.15, 0.2) is 17.1 Å². The monoisotopic (exact) mass is 276 g/mol. The van der Waals surface area contributed by atoms with Crippen LogP contribution in [0.3, 0.4) is 0 Å². The fourth-order valence-electron chi connectivity index (χ4n) is 1.62. The lowest BCUT2D eigenvalue weighted by molar-refractivity contribution is 0.878. The molecule has 2 aromatic rings. The average Bonchev–Trinajstić information content (AvgIpc) is 2.71. The highest BCUT2D eigenvalue weighted by molar-refractivity contribution is 7.18. The summed E-state index contributed by atoms with van der Waals surface area (Å²) in [7, 11) is 0. The summed E-state index contributed by atoms with van der Waals surface area (Å²) in [6, 6.07) is 4.28. The van der Waals surface area contributed by atoms with Gasteiger partial charge in [-0.25, -0.2) is 4.98 Å². The highest BCUT2D eigenvalue weighted by Crippen LogP contribution is 2.29. The Labute approximate surface area is 120 Å². The molecule has 0 N–H and O–H groups in total. The molecule has 1 aromatic carbocycles. The van der Waals surface area contributed by atoms with E-state index < -0.39 is 0 Å². The lowest BCUT2D eigenvalue weighted by Gasteiger charge is -2.06. The molecule has 0 bridgehead atoms. The summed E-state index contributed by atoms with van der Waals surface area (Å²) >= 11 is 1.73. The van der Waals surface area contributed by atoms with E-state index in [9.17, 15) is 0 Å². The normalized spacial score (nSPS) is 11.7. The lowest BCUT2D eigenvalue weighted by Crippen LogP contribution is -2.00. The second kappa shape index (κ2) is 6.80. The van der Waals surface area contributed by atoms with Crippen LogP contribution in [0.25, 0.3) is 10.2 Å². The maximum absolute atomic E-state index is 4.71. The second-order valence-corrected chi connectivity index (χ2v) is 5.98. The van der Waals surface area contributed by atoms with Crippen LogP contribution in [0.2, 0.25) is 0 Å². The second-order valence-electron chi connectivity index (χ2n) is 4.75. The number of rotatable bonds is 2. The Morgan fingerprint density at radius 1 is 1.21 bits per heavy atom. The molecule has 104 valence electrons. The van der Waals surface area contributed by atoms with Crippen molar-refractivity contribution in [1.29, 1.82) is 0 Å². The number of benzene rings is 1. The number of aliphatic imine (C=N–C) groups is 1. The summed E-state index contributed by atoms with van der Waals surface area (Å²) in [6.45, 7) is 14.6. The molecule has 0 spiro atoms. The van der Waals surface area contributed by atoms with Gasteiger partial charge in [0.05, 0.1) is 20.9 Å². The number of fused-ring (bicyclic) bond motifs is 1. The van der Waals surface area contributed by atoms with Crippen molar-refractivity contribution in [1.82, 2.24) is 4.98 Å². The molecule has 0 aliphatic heterocycles. The smallest absolute Gasteiger partial charge is 0.0907 e. The van der Waals surface area contributed by atoms with Crippen molar-refractivity contribution >= 4 is 33.0 Å². The molecule has 0 saturated carbocycles. The van der Waals surface area contributed by atoms with Crippen molar-refractivity contribution in [2.45, 2.75) is 48.5 Å². The maximum atomic E-state index is 4.71. The predicted octanol–water partition coefficient (Wildman–Crippen LogP) is 5.69. The standard InChI is InChI=1S/C14H18N2S.C2H6/c1-8(2)10(4)15-12-7-14-13(6-9(12)3)16-11(5)17-14;1-2/h6-8H,1-5H3;1-2H3. The molecule has 0 amide bonds. The molecule has 2 rings (SSSR count). The quantitative estimate of drug-likeness (QED) is 0.647. The van der Waals surface area contributed by atoms with E-state index in [1.165, 1.54) is 16.0 Å². The first-order chi connectivity index (χ1) is 8.97. The van der Waals surface area contributed by atoms with Gasteiger partial charge in [0.15, 0.2) is 0 Å². The van der Waals surface area contributed by atoms with Crippen LogP contribution in [-0.2, 0) is 0 Å². The minimum atomic E-state index is 0.494. The van der Waals surface area contributed by atoms with Crippen molar-refractivity contribution < 1.29 is 0 Å². The maximum Gasteiger partial charge on any atom is 0.0907 e. The Morgan fingerprint density at radius 2 is 1.84 bits per heavy atom. The average molecular weight is 276 g/mol. The van der Waals surface area contributed by atoms with Gasteiger partial charge >= 0.3 is 0 Å². The predicted molar refractivity (Wildman–Crippen MR) is 88.0 cm³/mol. The van der Waals surface area contributed by atoms with Crippen LogP contribution in [0.1, 0.15) is 45.2 Å². The molecule has 0 aliphatic rings. The van der Waals surface area contributed by atoms with Gasteiger partial charge in [0.1, 0.15) is 0 Å². The van der Waals surface area contributed by atoms with E-state index >= 15 is 0 Å². The molecule has 0 saturated heterocycles. The van der Waals surface area contributed by atoms with E-state index in [0.717, 1.165) is 16.2 Å². The number of aryl methyl sites for hydroxylation is 2. The Bertz CT molecular complexity index is 580. The lowest BCUT2D eigenvalue weighted by atomic mass is 10.1. The summed E-state index contributed by atoms with van der Waals surface area (Å²) in [5, 5.41) is 1.11. The molecule has 2 nitrogen and oxygen atoms in total. The number of hydrogen-bond donors (Lipinski definition) is 0. The van der Waals surface area contributed by atoms with Crippen molar-refractivity contribution in [2.24, 2.45) is 10.9 Å². The largest absolute Gasteiger partial charge is 0.258 e. The van der Waals surface area contributed by atoms with Gasteiger partial charge in [-0.05, 0) is 44.4 Å². The van der Waals surface area contributed by atoms with Crippen molar-refractivity contribution in [3.05, 3.63) is 22.7 Å². The fourth-order valence-corrected chi connectivity index (χ4v) is 2.46. The molecule has 19 heavy (non-hydrogen) atoms. The van der Waals surface area contributed by atoms with Gasteiger partial charge in [-0.2, -0.15) is 0 Å². The molecule has 0 fully saturated rings. The molecule has 0 radical (unpaired) electrons. The first-order valence-electron chi connectivity index (χ1n) is 6.90. The number of nitrogens with zero attached hydrogens (tertiary/aromatic N) is 2. The molecular weight excluding hydrogens is 252 g/mol. The molecular formula is C16H24N2S. The Balaban J connectivity index is 0.000000861. The third kappa shape index (κ3) is 3.87. The third-order valence-electron chi connectivity index (χ3n) is 2.95. The molecule has 0 atom stereocenters. The number of hydrogen-bond acceptors (Lipinski definition) is 3. The highest BCUT2D eigenvalue weighted by atomic mass is 32.1. The number of thiazole rings is 1. The SMILES string of the molecule is CC.CC(=Nc1cc2sc(C)nc2cc1C)C(C)C. The van der Waals surface area contributed by atoms with Gasteiger partial charge in [0, 0.05) is 5.71 Å². The number of aromatic nitrogens is 1. The van der Waals surface area contributed by atoms with E-state index in [2.05, 4.69) is 44.8 Å². The topological polar surface area (TPSA) is 25.2 Å². The molecule has 1 aromatic heterocycles. The molecule has 0 aliphatic carbocycles. The summed E-state index contributed by atoms with van der Waals surface area (Å²) in [5.74, 6) is 0.494. The van der Waals surface area contributed by atoms with E-state index in [4.69, 9.17) is 4.99 Å². The van der Waals surface area contributed by atoms with Crippen LogP contribution < -0.4 is 0 Å². The third-order valence-corrected chi connectivity index (χ3v) is 3.88. The van der Waals surface area contributed by atoms with Crippen molar-refractivity contribution in [2.75, 3.05) is 0 Å². The molecule has 3 heteroatoms. The van der Waals surface area contributed by atoms with Gasteiger partial charge in [-0.1, -0.05) is 27.7 Å². The van der Waals surface area contributed by atoms with E-state index in [0.29, 0.717) is 5.92 Å². The van der Waals surface area contributed by atoms with Gasteiger partial charge < -0.3 is 0 Å². The van der Waals surface area contributed by atoms with Gasteiger partial charge in [0.2, 0.25) is 0 Å². The first kappa shape index (κ1) is 15.8.